The third-order valence-corrected chi connectivity index (χ3v) is 3.06. The minimum atomic E-state index is -0.159. The molecule has 2 rings (SSSR count). The molecule has 0 bridgehead atoms. The number of nitrogens with one attached hydrogen (secondary N) is 1. The first-order valence-electron chi connectivity index (χ1n) is 6.15. The van der Waals surface area contributed by atoms with Crippen molar-refractivity contribution in [1.29, 1.82) is 0 Å². The van der Waals surface area contributed by atoms with Crippen molar-refractivity contribution in [3.63, 3.8) is 0 Å². The lowest BCUT2D eigenvalue weighted by molar-refractivity contribution is 0.0945. The van der Waals surface area contributed by atoms with Crippen molar-refractivity contribution < 1.29 is 14.3 Å². The monoisotopic (exact) mass is 250 g/mol. The van der Waals surface area contributed by atoms with Gasteiger partial charge in [0, 0.05) is 32.0 Å². The second-order valence-electron chi connectivity index (χ2n) is 4.36. The van der Waals surface area contributed by atoms with E-state index in [-0.39, 0.29) is 5.91 Å². The molecule has 1 unspecified atom stereocenters. The maximum absolute atomic E-state index is 11.8. The van der Waals surface area contributed by atoms with Crippen LogP contribution in [0.25, 0.3) is 0 Å². The molecule has 0 saturated carbocycles. The van der Waals surface area contributed by atoms with Crippen LogP contribution in [0.1, 0.15) is 23.3 Å². The molecule has 98 valence electrons. The maximum Gasteiger partial charge on any atom is 0.270 e. The van der Waals surface area contributed by atoms with Gasteiger partial charge in [-0.2, -0.15) is 0 Å². The van der Waals surface area contributed by atoms with E-state index in [2.05, 4.69) is 10.3 Å². The van der Waals surface area contributed by atoms with E-state index in [0.717, 1.165) is 26.1 Å². The molecule has 2 heterocycles. The minimum absolute atomic E-state index is 0.159. The summed E-state index contributed by atoms with van der Waals surface area (Å²) in [5.74, 6) is 1.05. The number of aromatic nitrogens is 1. The number of hydrogen-bond acceptors (Lipinski definition) is 4. The van der Waals surface area contributed by atoms with Gasteiger partial charge in [0.15, 0.2) is 0 Å². The summed E-state index contributed by atoms with van der Waals surface area (Å²) in [6.07, 6.45) is 3.61. The van der Waals surface area contributed by atoms with Gasteiger partial charge in [0.05, 0.1) is 7.11 Å². The van der Waals surface area contributed by atoms with E-state index in [9.17, 15) is 4.79 Å². The second kappa shape index (κ2) is 6.35. The normalized spacial score (nSPS) is 18.6. The van der Waals surface area contributed by atoms with Crippen LogP contribution in [0.2, 0.25) is 0 Å². The zero-order valence-electron chi connectivity index (χ0n) is 10.5. The Labute approximate surface area is 107 Å². The number of carbonyl (C=O) groups excluding carboxylic acids is 1. The number of methoxy groups -OCH3 is 1. The molecule has 1 aliphatic rings. The summed E-state index contributed by atoms with van der Waals surface area (Å²) in [5, 5.41) is 2.86. The fourth-order valence-corrected chi connectivity index (χ4v) is 1.95. The molecule has 1 fully saturated rings. The molecule has 18 heavy (non-hydrogen) atoms. The fraction of sp³-hybridized carbons (Fsp3) is 0.538. The Bertz CT molecular complexity index is 403. The molecule has 1 aromatic rings. The lowest BCUT2D eigenvalue weighted by atomic mass is 10.1. The maximum atomic E-state index is 11.8. The molecule has 0 aromatic carbocycles. The summed E-state index contributed by atoms with van der Waals surface area (Å²) in [7, 11) is 1.57. The Hall–Kier alpha value is -1.62. The minimum Gasteiger partial charge on any atom is -0.497 e. The molecule has 1 aliphatic heterocycles. The smallest absolute Gasteiger partial charge is 0.270 e. The van der Waals surface area contributed by atoms with Gasteiger partial charge in [0.1, 0.15) is 11.4 Å². The molecule has 1 N–H and O–H groups in total. The lowest BCUT2D eigenvalue weighted by Crippen LogP contribution is -2.26. The zero-order valence-corrected chi connectivity index (χ0v) is 10.5. The molecular formula is C13H18N2O3. The lowest BCUT2D eigenvalue weighted by Gasteiger charge is -2.08. The first kappa shape index (κ1) is 12.8. The average Bonchev–Trinajstić information content (AvgIpc) is 2.92. The summed E-state index contributed by atoms with van der Waals surface area (Å²) in [4.78, 5) is 15.8. The Morgan fingerprint density at radius 1 is 1.67 bits per heavy atom. The van der Waals surface area contributed by atoms with Gasteiger partial charge in [-0.3, -0.25) is 9.78 Å². The predicted molar refractivity (Wildman–Crippen MR) is 66.7 cm³/mol. The molecule has 0 radical (unpaired) electrons. The van der Waals surface area contributed by atoms with E-state index >= 15 is 0 Å². The van der Waals surface area contributed by atoms with Gasteiger partial charge >= 0.3 is 0 Å². The van der Waals surface area contributed by atoms with Crippen molar-refractivity contribution >= 4 is 5.91 Å². The van der Waals surface area contributed by atoms with E-state index in [1.807, 2.05) is 0 Å². The molecular weight excluding hydrogens is 232 g/mol. The number of hydrogen-bond donors (Lipinski definition) is 1. The van der Waals surface area contributed by atoms with Crippen LogP contribution in [0.5, 0.6) is 5.75 Å². The van der Waals surface area contributed by atoms with Gasteiger partial charge < -0.3 is 14.8 Å². The Kier molecular flexibility index (Phi) is 4.52. The van der Waals surface area contributed by atoms with Crippen LogP contribution < -0.4 is 10.1 Å². The van der Waals surface area contributed by atoms with E-state index in [1.54, 1.807) is 25.4 Å². The van der Waals surface area contributed by atoms with Gasteiger partial charge in [-0.1, -0.05) is 0 Å². The molecule has 5 nitrogen and oxygen atoms in total. The van der Waals surface area contributed by atoms with E-state index in [4.69, 9.17) is 9.47 Å². The number of carbonyl (C=O) groups is 1. The molecule has 1 aromatic heterocycles. The Balaban J connectivity index is 1.79. The van der Waals surface area contributed by atoms with Crippen LogP contribution in [0, 0.1) is 5.92 Å². The van der Waals surface area contributed by atoms with Gasteiger partial charge in [-0.05, 0) is 24.8 Å². The highest BCUT2D eigenvalue weighted by Gasteiger charge is 2.15. The molecule has 5 heteroatoms. The van der Waals surface area contributed by atoms with Crippen molar-refractivity contribution in [3.8, 4) is 5.75 Å². The second-order valence-corrected chi connectivity index (χ2v) is 4.36. The van der Waals surface area contributed by atoms with Crippen molar-refractivity contribution in [3.05, 3.63) is 24.0 Å². The third kappa shape index (κ3) is 3.43. The number of nitrogens with zero attached hydrogens (tertiary/aromatic N) is 1. The van der Waals surface area contributed by atoms with Crippen LogP contribution in [0.3, 0.4) is 0 Å². The summed E-state index contributed by atoms with van der Waals surface area (Å²) >= 11 is 0. The Morgan fingerprint density at radius 3 is 3.28 bits per heavy atom. The number of rotatable bonds is 5. The van der Waals surface area contributed by atoms with Crippen molar-refractivity contribution in [2.45, 2.75) is 12.8 Å². The number of amides is 1. The topological polar surface area (TPSA) is 60.5 Å². The van der Waals surface area contributed by atoms with Crippen LogP contribution >= 0.6 is 0 Å². The molecule has 0 spiro atoms. The Morgan fingerprint density at radius 2 is 2.56 bits per heavy atom. The number of pyridine rings is 1. The highest BCUT2D eigenvalue weighted by Crippen LogP contribution is 2.15. The van der Waals surface area contributed by atoms with E-state index < -0.39 is 0 Å². The standard InChI is InChI=1S/C13H18N2O3/c1-17-11-3-6-14-12(8-11)13(16)15-5-2-10-4-7-18-9-10/h3,6,8,10H,2,4-5,7,9H2,1H3,(H,15,16). The summed E-state index contributed by atoms with van der Waals surface area (Å²) in [6.45, 7) is 2.31. The van der Waals surface area contributed by atoms with Crippen LogP contribution in [0.4, 0.5) is 0 Å². The summed E-state index contributed by atoms with van der Waals surface area (Å²) < 4.78 is 10.3. The SMILES string of the molecule is COc1ccnc(C(=O)NCCC2CCOC2)c1. The van der Waals surface area contributed by atoms with Crippen molar-refractivity contribution in [2.75, 3.05) is 26.9 Å². The van der Waals surface area contributed by atoms with Gasteiger partial charge in [-0.25, -0.2) is 0 Å². The van der Waals surface area contributed by atoms with E-state index in [0.29, 0.717) is 23.9 Å². The summed E-state index contributed by atoms with van der Waals surface area (Å²) in [5.41, 5.74) is 0.386. The molecule has 1 amide bonds. The summed E-state index contributed by atoms with van der Waals surface area (Å²) in [6, 6.07) is 3.35. The van der Waals surface area contributed by atoms with Gasteiger partial charge in [0.25, 0.3) is 5.91 Å². The highest BCUT2D eigenvalue weighted by molar-refractivity contribution is 5.92. The zero-order chi connectivity index (χ0) is 12.8. The van der Waals surface area contributed by atoms with Crippen molar-refractivity contribution in [2.24, 2.45) is 5.92 Å². The van der Waals surface area contributed by atoms with Crippen LogP contribution in [0.15, 0.2) is 18.3 Å². The highest BCUT2D eigenvalue weighted by atomic mass is 16.5. The van der Waals surface area contributed by atoms with Crippen molar-refractivity contribution in [1.82, 2.24) is 10.3 Å². The fourth-order valence-electron chi connectivity index (χ4n) is 1.95. The molecule has 1 saturated heterocycles. The third-order valence-electron chi connectivity index (χ3n) is 3.06. The van der Waals surface area contributed by atoms with Gasteiger partial charge in [-0.15, -0.1) is 0 Å². The average molecular weight is 250 g/mol. The largest absolute Gasteiger partial charge is 0.497 e. The van der Waals surface area contributed by atoms with Gasteiger partial charge in [0.2, 0.25) is 0 Å². The first-order valence-corrected chi connectivity index (χ1v) is 6.15. The van der Waals surface area contributed by atoms with Crippen LogP contribution in [-0.4, -0.2) is 37.8 Å². The number of ether oxygens (including phenoxy) is 2. The molecule has 1 atom stereocenters. The predicted octanol–water partition coefficient (Wildman–Crippen LogP) is 1.25. The van der Waals surface area contributed by atoms with Crippen LogP contribution in [-0.2, 0) is 4.74 Å². The molecule has 0 aliphatic carbocycles. The van der Waals surface area contributed by atoms with E-state index in [1.165, 1.54) is 0 Å². The first-order chi connectivity index (χ1) is 8.79. The quantitative estimate of drug-likeness (QED) is 0.854.